The predicted molar refractivity (Wildman–Crippen MR) is 67.6 cm³/mol. The minimum absolute atomic E-state index is 0.372. The second-order valence-corrected chi connectivity index (χ2v) is 4.64. The molecule has 0 heterocycles. The van der Waals surface area contributed by atoms with E-state index in [0.717, 1.165) is 6.54 Å². The number of nitrogens with one attached hydrogen (secondary N) is 1. The molecule has 0 saturated carbocycles. The van der Waals surface area contributed by atoms with E-state index in [9.17, 15) is 0 Å². The second kappa shape index (κ2) is 6.14. The Kier molecular flexibility index (Phi) is 5.13. The monoisotopic (exact) mass is 225 g/mol. The number of benzene rings is 1. The third-order valence-corrected chi connectivity index (χ3v) is 3.00. The molecule has 0 bridgehead atoms. The third-order valence-electron chi connectivity index (χ3n) is 2.53. The summed E-state index contributed by atoms with van der Waals surface area (Å²) in [4.78, 5) is 0. The maximum atomic E-state index is 5.72. The Bertz CT molecular complexity index is 279. The zero-order valence-electron chi connectivity index (χ0n) is 9.76. The van der Waals surface area contributed by atoms with Crippen LogP contribution in [0.3, 0.4) is 0 Å². The highest BCUT2D eigenvalue weighted by atomic mass is 35.5. The molecule has 1 atom stereocenters. The highest BCUT2D eigenvalue weighted by molar-refractivity contribution is 6.18. The first-order valence-electron chi connectivity index (χ1n) is 5.51. The average molecular weight is 226 g/mol. The van der Waals surface area contributed by atoms with E-state index in [1.54, 1.807) is 0 Å². The van der Waals surface area contributed by atoms with E-state index in [1.807, 2.05) is 0 Å². The third kappa shape index (κ3) is 4.23. The van der Waals surface area contributed by atoms with Crippen LogP contribution >= 0.6 is 11.6 Å². The van der Waals surface area contributed by atoms with Crippen molar-refractivity contribution in [1.29, 1.82) is 0 Å². The van der Waals surface area contributed by atoms with E-state index in [-0.39, 0.29) is 0 Å². The summed E-state index contributed by atoms with van der Waals surface area (Å²) in [7, 11) is 0. The lowest BCUT2D eigenvalue weighted by Crippen LogP contribution is -2.26. The molecule has 2 heteroatoms. The molecule has 1 nitrogen and oxygen atoms in total. The van der Waals surface area contributed by atoms with Crippen LogP contribution in [0.4, 0.5) is 0 Å². The van der Waals surface area contributed by atoms with Crippen molar-refractivity contribution in [2.24, 2.45) is 0 Å². The normalized spacial score (nSPS) is 13.1. The highest BCUT2D eigenvalue weighted by Gasteiger charge is 2.01. The average Bonchev–Trinajstić information content (AvgIpc) is 2.26. The summed E-state index contributed by atoms with van der Waals surface area (Å²) in [5, 5.41) is 3.37. The Morgan fingerprint density at radius 2 is 1.73 bits per heavy atom. The minimum atomic E-state index is 0.372. The van der Waals surface area contributed by atoms with E-state index < -0.39 is 0 Å². The Labute approximate surface area is 97.8 Å². The largest absolute Gasteiger partial charge is 0.309 e. The fourth-order valence-electron chi connectivity index (χ4n) is 1.37. The zero-order valence-corrected chi connectivity index (χ0v) is 10.5. The molecule has 1 N–H and O–H groups in total. The minimum Gasteiger partial charge on any atom is -0.309 e. The number of hydrogen-bond acceptors (Lipinski definition) is 1. The van der Waals surface area contributed by atoms with Crippen molar-refractivity contribution in [1.82, 2.24) is 5.32 Å². The molecule has 1 aromatic carbocycles. The first-order valence-corrected chi connectivity index (χ1v) is 6.05. The molecular formula is C13H20ClN. The summed E-state index contributed by atoms with van der Waals surface area (Å²) >= 11 is 5.72. The summed E-state index contributed by atoms with van der Waals surface area (Å²) in [6.45, 7) is 7.41. The van der Waals surface area contributed by atoms with Crippen molar-refractivity contribution in [2.75, 3.05) is 5.88 Å². The summed E-state index contributed by atoms with van der Waals surface area (Å²) in [6.07, 6.45) is 0. The number of rotatable bonds is 5. The summed E-state index contributed by atoms with van der Waals surface area (Å²) in [6, 6.07) is 9.14. The van der Waals surface area contributed by atoms with Crippen LogP contribution < -0.4 is 5.32 Å². The van der Waals surface area contributed by atoms with Crippen LogP contribution in [0.2, 0.25) is 0 Å². The first-order chi connectivity index (χ1) is 7.13. The molecule has 1 unspecified atom stereocenters. The maximum Gasteiger partial charge on any atom is 0.0374 e. The molecule has 1 rings (SSSR count). The van der Waals surface area contributed by atoms with Gasteiger partial charge in [-0.05, 0) is 24.0 Å². The van der Waals surface area contributed by atoms with Gasteiger partial charge in [0.05, 0.1) is 0 Å². The van der Waals surface area contributed by atoms with Crippen molar-refractivity contribution in [3.05, 3.63) is 35.4 Å². The molecular weight excluding hydrogens is 206 g/mol. The van der Waals surface area contributed by atoms with Crippen LogP contribution in [0, 0.1) is 0 Å². The van der Waals surface area contributed by atoms with Crippen molar-refractivity contribution in [3.8, 4) is 0 Å². The predicted octanol–water partition coefficient (Wildman–Crippen LogP) is 3.53. The first kappa shape index (κ1) is 12.5. The second-order valence-electron chi connectivity index (χ2n) is 4.33. The smallest absolute Gasteiger partial charge is 0.0374 e. The summed E-state index contributed by atoms with van der Waals surface area (Å²) in [5.74, 6) is 1.26. The van der Waals surface area contributed by atoms with E-state index in [4.69, 9.17) is 11.6 Å². The number of alkyl halides is 1. The van der Waals surface area contributed by atoms with Crippen LogP contribution in [0.25, 0.3) is 0 Å². The van der Waals surface area contributed by atoms with Gasteiger partial charge in [0.25, 0.3) is 0 Å². The van der Waals surface area contributed by atoms with Gasteiger partial charge in [0.15, 0.2) is 0 Å². The highest BCUT2D eigenvalue weighted by Crippen LogP contribution is 2.14. The van der Waals surface area contributed by atoms with Crippen LogP contribution in [-0.2, 0) is 6.54 Å². The van der Waals surface area contributed by atoms with Crippen molar-refractivity contribution < 1.29 is 0 Å². The van der Waals surface area contributed by atoms with Crippen LogP contribution in [0.5, 0.6) is 0 Å². The Balaban J connectivity index is 2.50. The Morgan fingerprint density at radius 3 is 2.20 bits per heavy atom. The summed E-state index contributed by atoms with van der Waals surface area (Å²) < 4.78 is 0. The van der Waals surface area contributed by atoms with Gasteiger partial charge in [0.2, 0.25) is 0 Å². The van der Waals surface area contributed by atoms with Gasteiger partial charge in [-0.15, -0.1) is 11.6 Å². The van der Waals surface area contributed by atoms with E-state index >= 15 is 0 Å². The lowest BCUT2D eigenvalue weighted by molar-refractivity contribution is 0.593. The molecule has 0 aliphatic heterocycles. The Hall–Kier alpha value is -0.530. The molecule has 0 aromatic heterocycles. The fraction of sp³-hybridized carbons (Fsp3) is 0.538. The van der Waals surface area contributed by atoms with Gasteiger partial charge in [-0.2, -0.15) is 0 Å². The molecule has 0 aliphatic carbocycles. The van der Waals surface area contributed by atoms with Gasteiger partial charge < -0.3 is 5.32 Å². The van der Waals surface area contributed by atoms with Gasteiger partial charge >= 0.3 is 0 Å². The quantitative estimate of drug-likeness (QED) is 0.757. The van der Waals surface area contributed by atoms with E-state index in [2.05, 4.69) is 50.4 Å². The lowest BCUT2D eigenvalue weighted by Gasteiger charge is -2.11. The van der Waals surface area contributed by atoms with Crippen molar-refractivity contribution in [2.45, 2.75) is 39.3 Å². The van der Waals surface area contributed by atoms with Crippen LogP contribution in [-0.4, -0.2) is 11.9 Å². The topological polar surface area (TPSA) is 12.0 Å². The molecule has 0 aliphatic rings. The van der Waals surface area contributed by atoms with E-state index in [0.29, 0.717) is 17.8 Å². The summed E-state index contributed by atoms with van der Waals surface area (Å²) in [5.41, 5.74) is 2.71. The van der Waals surface area contributed by atoms with Crippen LogP contribution in [0.1, 0.15) is 37.8 Å². The van der Waals surface area contributed by atoms with Gasteiger partial charge in [0.1, 0.15) is 0 Å². The van der Waals surface area contributed by atoms with Gasteiger partial charge in [-0.1, -0.05) is 38.1 Å². The molecule has 0 spiro atoms. The molecule has 1 aromatic rings. The van der Waals surface area contributed by atoms with Gasteiger partial charge in [-0.3, -0.25) is 0 Å². The molecule has 0 saturated heterocycles. The van der Waals surface area contributed by atoms with Gasteiger partial charge in [0, 0.05) is 18.5 Å². The SMILES string of the molecule is CC(CCl)NCc1ccc(C(C)C)cc1. The molecule has 15 heavy (non-hydrogen) atoms. The number of hydrogen-bond donors (Lipinski definition) is 1. The lowest BCUT2D eigenvalue weighted by atomic mass is 10.0. The molecule has 0 fully saturated rings. The molecule has 84 valence electrons. The van der Waals surface area contributed by atoms with Crippen molar-refractivity contribution in [3.63, 3.8) is 0 Å². The van der Waals surface area contributed by atoms with Crippen LogP contribution in [0.15, 0.2) is 24.3 Å². The zero-order chi connectivity index (χ0) is 11.3. The fourth-order valence-corrected chi connectivity index (χ4v) is 1.48. The standard InChI is InChI=1S/C13H20ClN/c1-10(2)13-6-4-12(5-7-13)9-15-11(3)8-14/h4-7,10-11,15H,8-9H2,1-3H3. The molecule has 0 radical (unpaired) electrons. The van der Waals surface area contributed by atoms with Gasteiger partial charge in [-0.25, -0.2) is 0 Å². The number of halogens is 1. The maximum absolute atomic E-state index is 5.72. The molecule has 0 amide bonds. The van der Waals surface area contributed by atoms with Crippen molar-refractivity contribution >= 4 is 11.6 Å². The van der Waals surface area contributed by atoms with E-state index in [1.165, 1.54) is 11.1 Å². The Morgan fingerprint density at radius 1 is 1.13 bits per heavy atom.